The maximum atomic E-state index is 11.3. The molecule has 0 bridgehead atoms. The number of nitrogens with zero attached hydrogens (tertiary/aromatic N) is 3. The Bertz CT molecular complexity index is 651. The molecule has 0 aliphatic carbocycles. The lowest BCUT2D eigenvalue weighted by Gasteiger charge is -2.10. The van der Waals surface area contributed by atoms with E-state index in [2.05, 4.69) is 30.9 Å². The average molecular weight is 332 g/mol. The molecule has 0 unspecified atom stereocenters. The Morgan fingerprint density at radius 1 is 0.917 bits per heavy atom. The number of carbonyl (C=O) groups excluding carboxylic acids is 1. The minimum absolute atomic E-state index is 0.00677. The third kappa shape index (κ3) is 5.14. The Kier molecular flexibility index (Phi) is 6.41. The van der Waals surface area contributed by atoms with Crippen LogP contribution in [0.3, 0.4) is 0 Å². The molecule has 0 fully saturated rings. The Hall–Kier alpha value is -2.78. The third-order valence-electron chi connectivity index (χ3n) is 2.97. The first-order valence-corrected chi connectivity index (χ1v) is 7.46. The Morgan fingerprint density at radius 2 is 1.42 bits per heavy atom. The summed E-state index contributed by atoms with van der Waals surface area (Å²) in [6, 6.07) is 6.92. The van der Waals surface area contributed by atoms with Crippen LogP contribution in [-0.4, -0.2) is 57.3 Å². The molecule has 9 heteroatoms. The van der Waals surface area contributed by atoms with Crippen LogP contribution in [0, 0.1) is 0 Å². The zero-order valence-corrected chi connectivity index (χ0v) is 13.3. The molecule has 1 heterocycles. The maximum Gasteiger partial charge on any atom is 0.233 e. The first-order valence-electron chi connectivity index (χ1n) is 7.46. The highest BCUT2D eigenvalue weighted by atomic mass is 16.3. The molecule has 0 spiro atoms. The summed E-state index contributed by atoms with van der Waals surface area (Å²) in [5.74, 6) is 0.874. The number of Topliss-reactive ketones (excluding diaryl/α,β-unsaturated/α-hetero) is 1. The van der Waals surface area contributed by atoms with Crippen molar-refractivity contribution in [1.82, 2.24) is 15.0 Å². The lowest BCUT2D eigenvalue weighted by molar-refractivity contribution is 0.101. The van der Waals surface area contributed by atoms with Gasteiger partial charge in [-0.25, -0.2) is 0 Å². The van der Waals surface area contributed by atoms with Gasteiger partial charge in [-0.3, -0.25) is 4.79 Å². The molecule has 0 atom stereocenters. The SMILES string of the molecule is CC(=O)c1ccc(Nc2nc(NCCO)nc(NCCO)n2)cc1. The summed E-state index contributed by atoms with van der Waals surface area (Å²) in [6.07, 6.45) is 0. The van der Waals surface area contributed by atoms with Gasteiger partial charge in [0.15, 0.2) is 5.78 Å². The second-order valence-electron chi connectivity index (χ2n) is 4.87. The van der Waals surface area contributed by atoms with Crippen molar-refractivity contribution >= 4 is 29.3 Å². The minimum atomic E-state index is -0.0552. The third-order valence-corrected chi connectivity index (χ3v) is 2.97. The van der Waals surface area contributed by atoms with Crippen LogP contribution < -0.4 is 16.0 Å². The zero-order chi connectivity index (χ0) is 17.4. The molecule has 0 amide bonds. The Morgan fingerprint density at radius 3 is 1.88 bits per heavy atom. The fourth-order valence-electron chi connectivity index (χ4n) is 1.84. The van der Waals surface area contributed by atoms with Gasteiger partial charge in [0.05, 0.1) is 13.2 Å². The molecule has 1 aromatic heterocycles. The summed E-state index contributed by atoms with van der Waals surface area (Å²) in [5.41, 5.74) is 1.33. The van der Waals surface area contributed by atoms with Crippen molar-refractivity contribution in [2.75, 3.05) is 42.3 Å². The summed E-state index contributed by atoms with van der Waals surface area (Å²) >= 11 is 0. The van der Waals surface area contributed by atoms with Crippen LogP contribution in [0.4, 0.5) is 23.5 Å². The highest BCUT2D eigenvalue weighted by Crippen LogP contribution is 2.16. The molecule has 5 N–H and O–H groups in total. The van der Waals surface area contributed by atoms with Gasteiger partial charge in [-0.1, -0.05) is 0 Å². The molecular weight excluding hydrogens is 312 g/mol. The topological polar surface area (TPSA) is 132 Å². The van der Waals surface area contributed by atoms with Gasteiger partial charge < -0.3 is 26.2 Å². The van der Waals surface area contributed by atoms with E-state index in [1.165, 1.54) is 6.92 Å². The number of anilines is 4. The second-order valence-corrected chi connectivity index (χ2v) is 4.87. The van der Waals surface area contributed by atoms with Gasteiger partial charge in [0.1, 0.15) is 0 Å². The number of aromatic nitrogens is 3. The van der Waals surface area contributed by atoms with E-state index in [0.717, 1.165) is 0 Å². The van der Waals surface area contributed by atoms with Crippen molar-refractivity contribution in [3.63, 3.8) is 0 Å². The van der Waals surface area contributed by atoms with Crippen molar-refractivity contribution in [3.8, 4) is 0 Å². The number of benzene rings is 1. The number of nitrogens with one attached hydrogen (secondary N) is 3. The molecule has 0 saturated carbocycles. The highest BCUT2D eigenvalue weighted by molar-refractivity contribution is 5.94. The average Bonchev–Trinajstić information content (AvgIpc) is 2.58. The molecule has 1 aromatic carbocycles. The monoisotopic (exact) mass is 332 g/mol. The zero-order valence-electron chi connectivity index (χ0n) is 13.3. The van der Waals surface area contributed by atoms with Crippen LogP contribution in [0.2, 0.25) is 0 Å². The molecule has 2 aromatic rings. The van der Waals surface area contributed by atoms with Crippen molar-refractivity contribution in [2.24, 2.45) is 0 Å². The number of aliphatic hydroxyl groups is 2. The fraction of sp³-hybridized carbons (Fsp3) is 0.333. The predicted molar refractivity (Wildman–Crippen MR) is 90.7 cm³/mol. The van der Waals surface area contributed by atoms with E-state index >= 15 is 0 Å². The van der Waals surface area contributed by atoms with Gasteiger partial charge in [0.25, 0.3) is 0 Å². The van der Waals surface area contributed by atoms with E-state index in [1.54, 1.807) is 24.3 Å². The number of aliphatic hydroxyl groups excluding tert-OH is 2. The summed E-state index contributed by atoms with van der Waals surface area (Å²) < 4.78 is 0. The molecular formula is C15H20N6O3. The lowest BCUT2D eigenvalue weighted by atomic mass is 10.1. The van der Waals surface area contributed by atoms with Crippen LogP contribution in [0.15, 0.2) is 24.3 Å². The number of ketones is 1. The molecule has 0 saturated heterocycles. The summed E-state index contributed by atoms with van der Waals surface area (Å²) in [4.78, 5) is 23.8. The first kappa shape index (κ1) is 17.6. The van der Waals surface area contributed by atoms with E-state index in [-0.39, 0.29) is 19.0 Å². The van der Waals surface area contributed by atoms with E-state index in [4.69, 9.17) is 10.2 Å². The first-order chi connectivity index (χ1) is 11.6. The van der Waals surface area contributed by atoms with E-state index < -0.39 is 0 Å². The second kappa shape index (κ2) is 8.75. The molecule has 24 heavy (non-hydrogen) atoms. The molecule has 0 radical (unpaired) electrons. The standard InChI is InChI=1S/C15H20N6O3/c1-10(24)11-2-4-12(5-3-11)18-15-20-13(16-6-8-22)19-14(21-15)17-7-9-23/h2-5,22-23H,6-9H2,1H3,(H3,16,17,18,19,20,21). The quantitative estimate of drug-likeness (QED) is 0.419. The predicted octanol–water partition coefficient (Wildman–Crippen LogP) is 0.626. The van der Waals surface area contributed by atoms with Crippen molar-refractivity contribution in [3.05, 3.63) is 29.8 Å². The number of hydrogen-bond acceptors (Lipinski definition) is 9. The van der Waals surface area contributed by atoms with Crippen LogP contribution in [0.5, 0.6) is 0 Å². The largest absolute Gasteiger partial charge is 0.395 e. The van der Waals surface area contributed by atoms with Crippen molar-refractivity contribution < 1.29 is 15.0 Å². The van der Waals surface area contributed by atoms with Crippen molar-refractivity contribution in [2.45, 2.75) is 6.92 Å². The highest BCUT2D eigenvalue weighted by Gasteiger charge is 2.07. The summed E-state index contributed by atoms with van der Waals surface area (Å²) in [6.45, 7) is 2.00. The van der Waals surface area contributed by atoms with Gasteiger partial charge >= 0.3 is 0 Å². The lowest BCUT2D eigenvalue weighted by Crippen LogP contribution is -2.14. The van der Waals surface area contributed by atoms with E-state index in [9.17, 15) is 4.79 Å². The molecule has 2 rings (SSSR count). The van der Waals surface area contributed by atoms with E-state index in [0.29, 0.717) is 42.2 Å². The fourth-order valence-corrected chi connectivity index (χ4v) is 1.84. The number of hydrogen-bond donors (Lipinski definition) is 5. The van der Waals surface area contributed by atoms with Gasteiger partial charge in [-0.15, -0.1) is 0 Å². The summed E-state index contributed by atoms with van der Waals surface area (Å²) in [5, 5.41) is 26.5. The Balaban J connectivity index is 2.18. The van der Waals surface area contributed by atoms with Crippen LogP contribution in [-0.2, 0) is 0 Å². The van der Waals surface area contributed by atoms with Gasteiger partial charge in [-0.05, 0) is 31.2 Å². The van der Waals surface area contributed by atoms with Crippen LogP contribution in [0.1, 0.15) is 17.3 Å². The van der Waals surface area contributed by atoms with Crippen molar-refractivity contribution in [1.29, 1.82) is 0 Å². The molecule has 128 valence electrons. The van der Waals surface area contributed by atoms with Gasteiger partial charge in [0.2, 0.25) is 17.8 Å². The minimum Gasteiger partial charge on any atom is -0.395 e. The molecule has 9 nitrogen and oxygen atoms in total. The number of rotatable bonds is 9. The van der Waals surface area contributed by atoms with Gasteiger partial charge in [-0.2, -0.15) is 15.0 Å². The number of carbonyl (C=O) groups is 1. The molecule has 0 aliphatic rings. The maximum absolute atomic E-state index is 11.3. The van der Waals surface area contributed by atoms with E-state index in [1.807, 2.05) is 0 Å². The van der Waals surface area contributed by atoms with Gasteiger partial charge in [0, 0.05) is 24.3 Å². The van der Waals surface area contributed by atoms with Crippen LogP contribution in [0.25, 0.3) is 0 Å². The summed E-state index contributed by atoms with van der Waals surface area (Å²) in [7, 11) is 0. The normalized spacial score (nSPS) is 10.3. The molecule has 0 aliphatic heterocycles. The van der Waals surface area contributed by atoms with Crippen LogP contribution >= 0.6 is 0 Å². The smallest absolute Gasteiger partial charge is 0.233 e. The Labute approximate surface area is 139 Å².